The van der Waals surface area contributed by atoms with E-state index in [9.17, 15) is 0 Å². The zero-order valence-corrected chi connectivity index (χ0v) is 13.7. The van der Waals surface area contributed by atoms with E-state index < -0.39 is 7.82 Å². The Morgan fingerprint density at radius 2 is 1.68 bits per heavy atom. The smallest absolute Gasteiger partial charge is 0.369 e. The van der Waals surface area contributed by atoms with Crippen molar-refractivity contribution in [2.24, 2.45) is 21.5 Å². The lowest BCUT2D eigenvalue weighted by atomic mass is 10.3. The van der Waals surface area contributed by atoms with Gasteiger partial charge in [-0.2, -0.15) is 4.99 Å². The number of guanidine groups is 2. The lowest BCUT2D eigenvalue weighted by Crippen LogP contribution is -2.26. The van der Waals surface area contributed by atoms with Crippen molar-refractivity contribution in [1.82, 2.24) is 0 Å². The number of halogens is 1. The van der Waals surface area contributed by atoms with Crippen molar-refractivity contribution in [2.45, 2.75) is 19.9 Å². The fraction of sp³-hybridized carbons (Fsp3) is 0.273. The van der Waals surface area contributed by atoms with Crippen LogP contribution < -0.4 is 16.8 Å². The molecule has 0 saturated carbocycles. The lowest BCUT2D eigenvalue weighted by molar-refractivity contribution is 0.275. The number of benzene rings is 1. The molecular weight excluding hydrogens is 333 g/mol. The van der Waals surface area contributed by atoms with Gasteiger partial charge in [-0.25, -0.2) is 9.56 Å². The molecular formula is C11H19ClN5O4P. The Morgan fingerprint density at radius 1 is 1.23 bits per heavy atom. The van der Waals surface area contributed by atoms with Crippen LogP contribution in [0, 0.1) is 0 Å². The second-order valence-corrected chi connectivity index (χ2v) is 5.69. The van der Waals surface area contributed by atoms with E-state index in [0.29, 0.717) is 5.02 Å². The van der Waals surface area contributed by atoms with Gasteiger partial charge in [-0.1, -0.05) is 11.6 Å². The van der Waals surface area contributed by atoms with Crippen molar-refractivity contribution in [3.63, 3.8) is 0 Å². The van der Waals surface area contributed by atoms with E-state index in [1.807, 2.05) is 13.8 Å². The maximum Gasteiger partial charge on any atom is 0.466 e. The summed E-state index contributed by atoms with van der Waals surface area (Å²) in [6, 6.07) is 7.17. The van der Waals surface area contributed by atoms with Gasteiger partial charge >= 0.3 is 7.82 Å². The minimum atomic E-state index is -4.64. The summed E-state index contributed by atoms with van der Waals surface area (Å²) in [5.41, 5.74) is 12.0. The molecule has 0 aliphatic carbocycles. The summed E-state index contributed by atoms with van der Waals surface area (Å²) in [6.07, 6.45) is 0. The Bertz CT molecular complexity index is 562. The molecule has 0 spiro atoms. The second-order valence-electron chi connectivity index (χ2n) is 4.22. The molecule has 0 fully saturated rings. The molecule has 8 N–H and O–H groups in total. The number of anilines is 1. The lowest BCUT2D eigenvalue weighted by Gasteiger charge is -2.05. The summed E-state index contributed by atoms with van der Waals surface area (Å²) in [5, 5.41) is 3.54. The van der Waals surface area contributed by atoms with Crippen molar-refractivity contribution in [3.05, 3.63) is 29.3 Å². The fourth-order valence-electron chi connectivity index (χ4n) is 1.13. The molecule has 124 valence electrons. The van der Waals surface area contributed by atoms with Gasteiger partial charge in [-0.3, -0.25) is 0 Å². The molecule has 0 heterocycles. The number of nitrogens with zero attached hydrogens (tertiary/aromatic N) is 2. The van der Waals surface area contributed by atoms with Gasteiger partial charge in [0, 0.05) is 16.8 Å². The molecule has 0 atom stereocenters. The Kier molecular flexibility index (Phi) is 8.69. The first-order chi connectivity index (χ1) is 9.97. The molecule has 1 aromatic carbocycles. The SMILES string of the molecule is CC(C)N=C(N)N=C(N)Nc1ccc(Cl)cc1.O=P(O)(O)O. The quantitative estimate of drug-likeness (QED) is 0.261. The van der Waals surface area contributed by atoms with Gasteiger partial charge in [0.15, 0.2) is 0 Å². The van der Waals surface area contributed by atoms with E-state index in [1.165, 1.54) is 0 Å². The Morgan fingerprint density at radius 3 is 2.09 bits per heavy atom. The molecule has 0 aliphatic rings. The fourth-order valence-corrected chi connectivity index (χ4v) is 1.25. The van der Waals surface area contributed by atoms with Crippen LogP contribution in [-0.4, -0.2) is 32.6 Å². The molecule has 1 aromatic rings. The highest BCUT2D eigenvalue weighted by atomic mass is 35.5. The molecule has 0 aromatic heterocycles. The van der Waals surface area contributed by atoms with Gasteiger partial charge in [-0.05, 0) is 38.1 Å². The molecule has 0 saturated heterocycles. The van der Waals surface area contributed by atoms with Crippen molar-refractivity contribution in [1.29, 1.82) is 0 Å². The second kappa shape index (κ2) is 9.39. The highest BCUT2D eigenvalue weighted by Crippen LogP contribution is 2.25. The molecule has 22 heavy (non-hydrogen) atoms. The molecule has 0 bridgehead atoms. The van der Waals surface area contributed by atoms with Crippen LogP contribution in [0.15, 0.2) is 34.3 Å². The zero-order chi connectivity index (χ0) is 17.3. The van der Waals surface area contributed by atoms with E-state index >= 15 is 0 Å². The van der Waals surface area contributed by atoms with Crippen LogP contribution >= 0.6 is 19.4 Å². The van der Waals surface area contributed by atoms with Gasteiger partial charge in [0.1, 0.15) is 0 Å². The van der Waals surface area contributed by atoms with Crippen LogP contribution in [0.4, 0.5) is 5.69 Å². The number of rotatable bonds is 2. The average molecular weight is 352 g/mol. The summed E-state index contributed by atoms with van der Waals surface area (Å²) in [6.45, 7) is 3.82. The topological polar surface area (TPSA) is 167 Å². The van der Waals surface area contributed by atoms with Crippen LogP contribution in [0.3, 0.4) is 0 Å². The Labute approximate surface area is 133 Å². The first kappa shape index (κ1) is 20.4. The normalized spacial score (nSPS) is 12.7. The predicted octanol–water partition coefficient (Wildman–Crippen LogP) is 0.861. The summed E-state index contributed by atoms with van der Waals surface area (Å²) in [7, 11) is -4.64. The van der Waals surface area contributed by atoms with Gasteiger partial charge in [0.2, 0.25) is 11.9 Å². The highest BCUT2D eigenvalue weighted by Gasteiger charge is 2.00. The van der Waals surface area contributed by atoms with Crippen molar-refractivity contribution < 1.29 is 19.2 Å². The largest absolute Gasteiger partial charge is 0.466 e. The van der Waals surface area contributed by atoms with Crippen LogP contribution in [-0.2, 0) is 4.57 Å². The van der Waals surface area contributed by atoms with Crippen LogP contribution in [0.2, 0.25) is 5.02 Å². The summed E-state index contributed by atoms with van der Waals surface area (Å²) in [4.78, 5) is 29.5. The van der Waals surface area contributed by atoms with E-state index in [2.05, 4.69) is 15.3 Å². The maximum absolute atomic E-state index is 8.88. The van der Waals surface area contributed by atoms with Crippen molar-refractivity contribution in [2.75, 3.05) is 5.32 Å². The zero-order valence-electron chi connectivity index (χ0n) is 12.0. The number of hydrogen-bond donors (Lipinski definition) is 6. The molecule has 9 nitrogen and oxygen atoms in total. The molecule has 0 unspecified atom stereocenters. The minimum absolute atomic E-state index is 0.0853. The van der Waals surface area contributed by atoms with E-state index in [1.54, 1.807) is 24.3 Å². The number of nitrogens with one attached hydrogen (secondary N) is 1. The summed E-state index contributed by atoms with van der Waals surface area (Å²) < 4.78 is 8.88. The highest BCUT2D eigenvalue weighted by molar-refractivity contribution is 7.45. The van der Waals surface area contributed by atoms with Crippen molar-refractivity contribution >= 4 is 37.0 Å². The third-order valence-corrected chi connectivity index (χ3v) is 1.99. The molecule has 11 heteroatoms. The minimum Gasteiger partial charge on any atom is -0.369 e. The van der Waals surface area contributed by atoms with Crippen LogP contribution in [0.25, 0.3) is 0 Å². The summed E-state index contributed by atoms with van der Waals surface area (Å²) >= 11 is 5.76. The predicted molar refractivity (Wildman–Crippen MR) is 87.7 cm³/mol. The maximum atomic E-state index is 8.88. The van der Waals surface area contributed by atoms with E-state index in [0.717, 1.165) is 5.69 Å². The average Bonchev–Trinajstić information content (AvgIpc) is 2.28. The molecule has 0 radical (unpaired) electrons. The van der Waals surface area contributed by atoms with E-state index in [4.69, 9.17) is 42.3 Å². The molecule has 1 rings (SSSR count). The van der Waals surface area contributed by atoms with Crippen LogP contribution in [0.5, 0.6) is 0 Å². The Balaban J connectivity index is 0.000000763. The standard InChI is InChI=1S/C11H16ClN5.H3O4P/c1-7(2)15-10(13)17-11(14)16-9-5-3-8(12)4-6-9;1-5(2,3)4/h3-7H,1-2H3,(H5,13,14,15,16,17);(H3,1,2,3,4). The number of aliphatic imine (C=N–C) groups is 2. The van der Waals surface area contributed by atoms with E-state index in [-0.39, 0.29) is 18.0 Å². The number of phosphoric acid groups is 1. The molecule has 0 aliphatic heterocycles. The van der Waals surface area contributed by atoms with Gasteiger partial charge in [-0.15, -0.1) is 0 Å². The molecule has 0 amide bonds. The number of hydrogen-bond acceptors (Lipinski definition) is 2. The van der Waals surface area contributed by atoms with Gasteiger partial charge in [0.25, 0.3) is 0 Å². The summed E-state index contributed by atoms with van der Waals surface area (Å²) in [5.74, 6) is 0.341. The first-order valence-corrected chi connectivity index (χ1v) is 7.90. The van der Waals surface area contributed by atoms with Gasteiger partial charge in [0.05, 0.1) is 0 Å². The van der Waals surface area contributed by atoms with Crippen molar-refractivity contribution in [3.8, 4) is 0 Å². The monoisotopic (exact) mass is 351 g/mol. The number of nitrogens with two attached hydrogens (primary N) is 2. The Hall–Kier alpha value is -1.64. The van der Waals surface area contributed by atoms with Crippen LogP contribution in [0.1, 0.15) is 13.8 Å². The van der Waals surface area contributed by atoms with Gasteiger partial charge < -0.3 is 31.5 Å². The first-order valence-electron chi connectivity index (χ1n) is 5.95. The third-order valence-electron chi connectivity index (χ3n) is 1.74. The third kappa shape index (κ3) is 13.3.